The number of unbranched alkanes of at least 4 members (excludes halogenated alkanes) is 2. The zero-order chi connectivity index (χ0) is 18.6. The highest BCUT2D eigenvalue weighted by Crippen LogP contribution is 2.46. The lowest BCUT2D eigenvalue weighted by Gasteiger charge is -2.43. The van der Waals surface area contributed by atoms with Crippen molar-refractivity contribution in [3.63, 3.8) is 0 Å². The molecule has 152 valence electrons. The van der Waals surface area contributed by atoms with E-state index < -0.39 is 42.4 Å². The Hall–Kier alpha value is -0.240. The third kappa shape index (κ3) is 4.26. The molecule has 2 N–H and O–H groups in total. The minimum atomic E-state index is -1.03. The van der Waals surface area contributed by atoms with Crippen LogP contribution in [0.2, 0.25) is 0 Å². The van der Waals surface area contributed by atoms with Crippen molar-refractivity contribution in [2.75, 3.05) is 13.2 Å². The number of aliphatic hydroxyl groups excluding tert-OH is 2. The predicted octanol–water partition coefficient (Wildman–Crippen LogP) is 2.54. The summed E-state index contributed by atoms with van der Waals surface area (Å²) in [6.07, 6.45) is 4.94. The van der Waals surface area contributed by atoms with Crippen LogP contribution in [0.25, 0.3) is 0 Å². The van der Waals surface area contributed by atoms with Gasteiger partial charge in [-0.3, -0.25) is 0 Å². The average Bonchev–Trinajstić information content (AvgIpc) is 3.00. The van der Waals surface area contributed by atoms with Crippen molar-refractivity contribution in [1.29, 1.82) is 0 Å². The maximum absolute atomic E-state index is 10.7. The Bertz CT molecular complexity index is 393. The summed E-state index contributed by atoms with van der Waals surface area (Å²) in [5, 5.41) is 21.4. The van der Waals surface area contributed by atoms with E-state index in [0.717, 1.165) is 51.4 Å². The monoisotopic (exact) mass is 372 g/mol. The lowest BCUT2D eigenvalue weighted by atomic mass is 9.84. The molecule has 0 radical (unpaired) electrons. The van der Waals surface area contributed by atoms with Crippen molar-refractivity contribution in [3.05, 3.63) is 0 Å². The Morgan fingerprint density at radius 3 is 1.69 bits per heavy atom. The van der Waals surface area contributed by atoms with Crippen molar-refractivity contribution in [2.45, 2.75) is 114 Å². The van der Waals surface area contributed by atoms with Crippen molar-refractivity contribution >= 4 is 0 Å². The van der Waals surface area contributed by atoms with Crippen molar-refractivity contribution < 1.29 is 29.2 Å². The molecular formula is C20H36O6. The molecule has 0 amide bonds. The molecule has 4 unspecified atom stereocenters. The van der Waals surface area contributed by atoms with Crippen LogP contribution in [-0.4, -0.2) is 65.8 Å². The second-order valence-electron chi connectivity index (χ2n) is 8.00. The predicted molar refractivity (Wildman–Crippen MR) is 96.9 cm³/mol. The van der Waals surface area contributed by atoms with Gasteiger partial charge in [-0.05, 0) is 25.7 Å². The summed E-state index contributed by atoms with van der Waals surface area (Å²) in [4.78, 5) is 0. The summed E-state index contributed by atoms with van der Waals surface area (Å²) in [5.41, 5.74) is 0. The summed E-state index contributed by atoms with van der Waals surface area (Å²) in [7, 11) is 0. The van der Waals surface area contributed by atoms with Crippen molar-refractivity contribution in [1.82, 2.24) is 0 Å². The summed E-state index contributed by atoms with van der Waals surface area (Å²) in [6, 6.07) is 0. The normalized spacial score (nSPS) is 39.2. The van der Waals surface area contributed by atoms with E-state index in [9.17, 15) is 10.2 Å². The highest BCUT2D eigenvalue weighted by atomic mass is 16.8. The second-order valence-corrected chi connectivity index (χ2v) is 8.00. The van der Waals surface area contributed by atoms with Gasteiger partial charge in [0.2, 0.25) is 0 Å². The van der Waals surface area contributed by atoms with Crippen molar-refractivity contribution in [3.8, 4) is 0 Å². The summed E-state index contributed by atoms with van der Waals surface area (Å²) in [5.74, 6) is -0.601. The molecule has 1 aliphatic heterocycles. The minimum Gasteiger partial charge on any atom is -0.387 e. The first-order valence-electron chi connectivity index (χ1n) is 10.6. The molecule has 3 fully saturated rings. The van der Waals surface area contributed by atoms with Crippen LogP contribution < -0.4 is 0 Å². The SMILES string of the molecule is CCCCOC1C2OC3(CCCCC3)O[C@@H]2C(OCCCC)C(O)[C@@H]1O. The molecule has 0 aromatic rings. The molecule has 3 aliphatic rings. The van der Waals surface area contributed by atoms with E-state index in [1.807, 2.05) is 0 Å². The Labute approximate surface area is 157 Å². The molecule has 1 heterocycles. The van der Waals surface area contributed by atoms with E-state index in [2.05, 4.69) is 13.8 Å². The van der Waals surface area contributed by atoms with Gasteiger partial charge in [0.15, 0.2) is 5.79 Å². The molecule has 0 bridgehead atoms. The van der Waals surface area contributed by atoms with Gasteiger partial charge in [-0.15, -0.1) is 0 Å². The van der Waals surface area contributed by atoms with Gasteiger partial charge < -0.3 is 29.2 Å². The number of fused-ring (bicyclic) bond motifs is 1. The second kappa shape index (κ2) is 9.30. The van der Waals surface area contributed by atoms with Crippen LogP contribution in [0.3, 0.4) is 0 Å². The molecule has 0 aromatic heterocycles. The van der Waals surface area contributed by atoms with Gasteiger partial charge >= 0.3 is 0 Å². The first-order chi connectivity index (χ1) is 12.6. The number of ether oxygens (including phenoxy) is 4. The van der Waals surface area contributed by atoms with Gasteiger partial charge in [-0.2, -0.15) is 0 Å². The van der Waals surface area contributed by atoms with E-state index in [1.54, 1.807) is 0 Å². The zero-order valence-corrected chi connectivity index (χ0v) is 16.3. The Balaban J connectivity index is 1.76. The topological polar surface area (TPSA) is 77.4 Å². The van der Waals surface area contributed by atoms with Gasteiger partial charge in [-0.1, -0.05) is 33.1 Å². The lowest BCUT2D eigenvalue weighted by molar-refractivity contribution is -0.218. The van der Waals surface area contributed by atoms with Crippen LogP contribution in [0.15, 0.2) is 0 Å². The highest BCUT2D eigenvalue weighted by Gasteiger charge is 2.60. The van der Waals surface area contributed by atoms with Crippen LogP contribution in [0.1, 0.15) is 71.6 Å². The summed E-state index contributed by atoms with van der Waals surface area (Å²) < 4.78 is 24.7. The molecule has 1 spiro atoms. The number of hydrogen-bond donors (Lipinski definition) is 2. The summed E-state index contributed by atoms with van der Waals surface area (Å²) in [6.45, 7) is 5.29. The lowest BCUT2D eigenvalue weighted by Crippen LogP contribution is -2.64. The van der Waals surface area contributed by atoms with E-state index in [-0.39, 0.29) is 0 Å². The maximum Gasteiger partial charge on any atom is 0.169 e. The van der Waals surface area contributed by atoms with E-state index in [1.165, 1.54) is 6.42 Å². The van der Waals surface area contributed by atoms with E-state index >= 15 is 0 Å². The number of rotatable bonds is 8. The highest BCUT2D eigenvalue weighted by molar-refractivity contribution is 5.06. The minimum absolute atomic E-state index is 0.394. The molecule has 2 aliphatic carbocycles. The molecule has 6 nitrogen and oxygen atoms in total. The Kier molecular flexibility index (Phi) is 7.33. The molecule has 3 rings (SSSR count). The van der Waals surface area contributed by atoms with Crippen LogP contribution in [-0.2, 0) is 18.9 Å². The number of hydrogen-bond acceptors (Lipinski definition) is 6. The molecule has 1 saturated heterocycles. The quantitative estimate of drug-likeness (QED) is 0.638. The van der Waals surface area contributed by atoms with Crippen LogP contribution >= 0.6 is 0 Å². The first-order valence-corrected chi connectivity index (χ1v) is 10.6. The first kappa shape index (κ1) is 20.5. The Morgan fingerprint density at radius 2 is 1.27 bits per heavy atom. The summed E-state index contributed by atoms with van der Waals surface area (Å²) >= 11 is 0. The van der Waals surface area contributed by atoms with Crippen LogP contribution in [0, 0.1) is 0 Å². The van der Waals surface area contributed by atoms with E-state index in [4.69, 9.17) is 18.9 Å². The largest absolute Gasteiger partial charge is 0.387 e. The fourth-order valence-electron chi connectivity index (χ4n) is 4.38. The molecule has 6 heteroatoms. The van der Waals surface area contributed by atoms with Crippen LogP contribution in [0.4, 0.5) is 0 Å². The molecule has 2 saturated carbocycles. The average molecular weight is 373 g/mol. The third-order valence-electron chi connectivity index (χ3n) is 5.93. The van der Waals surface area contributed by atoms with Crippen molar-refractivity contribution in [2.24, 2.45) is 0 Å². The van der Waals surface area contributed by atoms with Gasteiger partial charge in [-0.25, -0.2) is 0 Å². The molecular weight excluding hydrogens is 336 g/mol. The molecule has 0 aromatic carbocycles. The van der Waals surface area contributed by atoms with E-state index in [0.29, 0.717) is 13.2 Å². The fraction of sp³-hybridized carbons (Fsp3) is 1.00. The standard InChI is InChI=1S/C20H36O6/c1-3-5-12-23-16-14(21)15(22)17(24-13-6-4-2)19-18(16)25-20(26-19)10-8-7-9-11-20/h14-19,21-22H,3-13H2,1-2H3/t14-,15?,16?,17?,18?,19+/m0/s1. The maximum atomic E-state index is 10.7. The fourth-order valence-corrected chi connectivity index (χ4v) is 4.38. The molecule has 6 atom stereocenters. The van der Waals surface area contributed by atoms with Gasteiger partial charge in [0, 0.05) is 26.1 Å². The number of aliphatic hydroxyl groups is 2. The Morgan fingerprint density at radius 1 is 0.808 bits per heavy atom. The van der Waals surface area contributed by atoms with Crippen LogP contribution in [0.5, 0.6) is 0 Å². The third-order valence-corrected chi connectivity index (χ3v) is 5.93. The smallest absolute Gasteiger partial charge is 0.169 e. The molecule has 26 heavy (non-hydrogen) atoms. The van der Waals surface area contributed by atoms with Gasteiger partial charge in [0.25, 0.3) is 0 Å². The van der Waals surface area contributed by atoms with Gasteiger partial charge in [0.1, 0.15) is 36.6 Å². The van der Waals surface area contributed by atoms with Gasteiger partial charge in [0.05, 0.1) is 0 Å². The zero-order valence-electron chi connectivity index (χ0n) is 16.3.